The normalized spacial score (nSPS) is 18.7. The Kier molecular flexibility index (Phi) is 4.26. The van der Waals surface area contributed by atoms with Crippen LogP contribution >= 0.6 is 23.4 Å². The van der Waals surface area contributed by atoms with Gasteiger partial charge in [-0.25, -0.2) is 9.97 Å². The van der Waals surface area contributed by atoms with Crippen molar-refractivity contribution in [1.82, 2.24) is 9.97 Å². The number of hydrogen-bond donors (Lipinski definition) is 0. The molecule has 5 heteroatoms. The first-order valence-electron chi connectivity index (χ1n) is 10.8. The van der Waals surface area contributed by atoms with E-state index in [0.717, 1.165) is 27.7 Å². The number of thioether (sulfide) groups is 1. The minimum Gasteiger partial charge on any atom is -0.452 e. The van der Waals surface area contributed by atoms with Crippen molar-refractivity contribution >= 4 is 45.4 Å². The minimum absolute atomic E-state index is 0.446. The van der Waals surface area contributed by atoms with Crippen molar-refractivity contribution in [2.45, 2.75) is 16.1 Å². The lowest BCUT2D eigenvalue weighted by atomic mass is 9.90. The summed E-state index contributed by atoms with van der Waals surface area (Å²) in [6, 6.07) is 20.8. The fourth-order valence-corrected chi connectivity index (χ4v) is 6.53. The van der Waals surface area contributed by atoms with Crippen LogP contribution in [0, 0.1) is 0 Å². The molecule has 2 aliphatic rings. The molecule has 0 saturated heterocycles. The lowest BCUT2D eigenvalue weighted by Crippen LogP contribution is -2.06. The van der Waals surface area contributed by atoms with E-state index in [0.29, 0.717) is 21.8 Å². The molecule has 0 radical (unpaired) electrons. The van der Waals surface area contributed by atoms with Gasteiger partial charge in [0.25, 0.3) is 0 Å². The summed E-state index contributed by atoms with van der Waals surface area (Å²) in [7, 11) is 0. The number of hydrogen-bond acceptors (Lipinski definition) is 4. The highest BCUT2D eigenvalue weighted by molar-refractivity contribution is 8.00. The summed E-state index contributed by atoms with van der Waals surface area (Å²) in [5.74, 6) is 0.446. The molecule has 0 saturated carbocycles. The minimum atomic E-state index is 0.446. The van der Waals surface area contributed by atoms with Crippen molar-refractivity contribution in [1.29, 1.82) is 0 Å². The zero-order chi connectivity index (χ0) is 21.9. The number of aromatic nitrogens is 2. The summed E-state index contributed by atoms with van der Waals surface area (Å²) in [6.07, 6.45) is 10.5. The van der Waals surface area contributed by atoms with Gasteiger partial charge in [-0.15, -0.1) is 11.8 Å². The predicted octanol–water partition coefficient (Wildman–Crippen LogP) is 8.05. The number of fused-ring (bicyclic) bond motifs is 6. The van der Waals surface area contributed by atoms with Crippen LogP contribution in [0.25, 0.3) is 44.5 Å². The molecule has 2 unspecified atom stereocenters. The van der Waals surface area contributed by atoms with Gasteiger partial charge in [-0.1, -0.05) is 72.3 Å². The molecule has 0 bridgehead atoms. The van der Waals surface area contributed by atoms with Crippen LogP contribution in [-0.2, 0) is 0 Å². The van der Waals surface area contributed by atoms with Gasteiger partial charge in [0.15, 0.2) is 5.58 Å². The maximum atomic E-state index is 6.22. The fourth-order valence-electron chi connectivity index (χ4n) is 4.88. The lowest BCUT2D eigenvalue weighted by molar-refractivity contribution is 0.667. The molecule has 1 aliphatic heterocycles. The Morgan fingerprint density at radius 1 is 0.879 bits per heavy atom. The average molecular weight is 465 g/mol. The Bertz CT molecular complexity index is 1630. The number of rotatable bonds is 2. The molecule has 3 aromatic carbocycles. The highest BCUT2D eigenvalue weighted by Crippen LogP contribution is 2.51. The van der Waals surface area contributed by atoms with Crippen LogP contribution in [0.15, 0.2) is 101 Å². The van der Waals surface area contributed by atoms with Gasteiger partial charge in [0, 0.05) is 32.0 Å². The molecule has 2 atom stereocenters. The third-order valence-corrected chi connectivity index (χ3v) is 8.05. The number of allylic oxidation sites excluding steroid dienone is 3. The fraction of sp³-hybridized carbons (Fsp3) is 0.0714. The maximum Gasteiger partial charge on any atom is 0.180 e. The molecule has 158 valence electrons. The molecule has 2 aromatic heterocycles. The van der Waals surface area contributed by atoms with Crippen molar-refractivity contribution in [3.05, 3.63) is 102 Å². The Balaban J connectivity index is 1.38. The van der Waals surface area contributed by atoms with Gasteiger partial charge in [0.05, 0.1) is 0 Å². The molecular weight excluding hydrogens is 448 g/mol. The zero-order valence-corrected chi connectivity index (χ0v) is 19.0. The van der Waals surface area contributed by atoms with Gasteiger partial charge in [-0.2, -0.15) is 0 Å². The molecule has 0 spiro atoms. The summed E-state index contributed by atoms with van der Waals surface area (Å²) >= 11 is 8.17. The summed E-state index contributed by atoms with van der Waals surface area (Å²) in [5, 5.41) is 2.03. The largest absolute Gasteiger partial charge is 0.452 e. The van der Waals surface area contributed by atoms with Gasteiger partial charge in [-0.05, 0) is 41.0 Å². The van der Waals surface area contributed by atoms with Crippen molar-refractivity contribution in [3.8, 4) is 22.4 Å². The zero-order valence-electron chi connectivity index (χ0n) is 17.4. The third-order valence-electron chi connectivity index (χ3n) is 6.40. The van der Waals surface area contributed by atoms with Gasteiger partial charge < -0.3 is 4.42 Å². The second kappa shape index (κ2) is 7.34. The number of benzene rings is 3. The van der Waals surface area contributed by atoms with E-state index >= 15 is 0 Å². The van der Waals surface area contributed by atoms with Crippen LogP contribution in [0.5, 0.6) is 0 Å². The molecule has 0 N–H and O–H groups in total. The van der Waals surface area contributed by atoms with E-state index in [1.165, 1.54) is 21.6 Å². The molecule has 3 nitrogen and oxygen atoms in total. The van der Waals surface area contributed by atoms with Crippen molar-refractivity contribution in [2.75, 3.05) is 0 Å². The first kappa shape index (κ1) is 19.2. The highest BCUT2D eigenvalue weighted by Gasteiger charge is 2.32. The Labute approximate surface area is 199 Å². The summed E-state index contributed by atoms with van der Waals surface area (Å²) in [6.45, 7) is 0. The average Bonchev–Trinajstić information content (AvgIpc) is 3.42. The van der Waals surface area contributed by atoms with Crippen molar-refractivity contribution < 1.29 is 4.42 Å². The lowest BCUT2D eigenvalue weighted by Gasteiger charge is -2.14. The SMILES string of the molecule is Clc1ccc2oc3c(-c4cccc(-c5cccc6c5SC5C=CC=CC65)c4)ncnc3c2c1. The predicted molar refractivity (Wildman–Crippen MR) is 136 cm³/mol. The molecule has 5 aromatic rings. The molecule has 7 rings (SSSR count). The second-order valence-electron chi connectivity index (χ2n) is 8.33. The van der Waals surface area contributed by atoms with E-state index in [1.807, 2.05) is 30.0 Å². The summed E-state index contributed by atoms with van der Waals surface area (Å²) in [4.78, 5) is 10.5. The van der Waals surface area contributed by atoms with Gasteiger partial charge >= 0.3 is 0 Å². The van der Waals surface area contributed by atoms with E-state index in [-0.39, 0.29) is 0 Å². The van der Waals surface area contributed by atoms with Crippen LogP contribution in [0.4, 0.5) is 0 Å². The van der Waals surface area contributed by atoms with Crippen molar-refractivity contribution in [3.63, 3.8) is 0 Å². The Morgan fingerprint density at radius 3 is 2.73 bits per heavy atom. The topological polar surface area (TPSA) is 38.9 Å². The van der Waals surface area contributed by atoms with Gasteiger partial charge in [0.2, 0.25) is 0 Å². The first-order valence-corrected chi connectivity index (χ1v) is 12.1. The Morgan fingerprint density at radius 2 is 1.76 bits per heavy atom. The second-order valence-corrected chi connectivity index (χ2v) is 9.95. The van der Waals surface area contributed by atoms with Crippen LogP contribution in [0.3, 0.4) is 0 Å². The van der Waals surface area contributed by atoms with Crippen molar-refractivity contribution in [2.24, 2.45) is 0 Å². The van der Waals surface area contributed by atoms with Gasteiger partial charge in [0.1, 0.15) is 23.1 Å². The van der Waals surface area contributed by atoms with Crippen LogP contribution < -0.4 is 0 Å². The first-order chi connectivity index (χ1) is 16.3. The van der Waals surface area contributed by atoms with E-state index in [4.69, 9.17) is 16.0 Å². The molecule has 1 aliphatic carbocycles. The monoisotopic (exact) mass is 464 g/mol. The van der Waals surface area contributed by atoms with Crippen LogP contribution in [0.1, 0.15) is 11.5 Å². The van der Waals surface area contributed by atoms with Crippen LogP contribution in [-0.4, -0.2) is 15.2 Å². The van der Waals surface area contributed by atoms with E-state index in [1.54, 1.807) is 6.33 Å². The van der Waals surface area contributed by atoms with Crippen LogP contribution in [0.2, 0.25) is 5.02 Å². The number of nitrogens with zero attached hydrogens (tertiary/aromatic N) is 2. The Hall–Kier alpha value is -3.34. The number of furan rings is 1. The summed E-state index contributed by atoms with van der Waals surface area (Å²) < 4.78 is 6.17. The number of halogens is 1. The molecule has 33 heavy (non-hydrogen) atoms. The van der Waals surface area contributed by atoms with E-state index < -0.39 is 0 Å². The summed E-state index contributed by atoms with van der Waals surface area (Å²) in [5.41, 5.74) is 7.85. The smallest absolute Gasteiger partial charge is 0.180 e. The maximum absolute atomic E-state index is 6.22. The quantitative estimate of drug-likeness (QED) is 0.265. The van der Waals surface area contributed by atoms with E-state index in [9.17, 15) is 0 Å². The highest BCUT2D eigenvalue weighted by atomic mass is 35.5. The van der Waals surface area contributed by atoms with E-state index in [2.05, 4.69) is 76.7 Å². The molecular formula is C28H17ClN2OS. The third kappa shape index (κ3) is 2.98. The molecule has 0 fully saturated rings. The standard InChI is InChI=1S/C28H17ClN2OS/c29-18-11-12-23-22(14-18)26-27(32-23)25(30-15-31-26)17-6-3-5-16(13-17)19-8-4-9-21-20-7-1-2-10-24(20)33-28(19)21/h1-15,20,24H. The van der Waals surface area contributed by atoms with Gasteiger partial charge in [-0.3, -0.25) is 0 Å². The molecule has 3 heterocycles. The molecule has 0 amide bonds.